The number of carbonyl (C=O) groups excluding carboxylic acids is 1. The Morgan fingerprint density at radius 1 is 1.09 bits per heavy atom. The second kappa shape index (κ2) is 11.6. The molecule has 1 aromatic heterocycles. The Morgan fingerprint density at radius 3 is 2.53 bits per heavy atom. The molecule has 1 amide bonds. The summed E-state index contributed by atoms with van der Waals surface area (Å²) in [6.45, 7) is 5.17. The van der Waals surface area contributed by atoms with Gasteiger partial charge in [0, 0.05) is 19.5 Å². The van der Waals surface area contributed by atoms with Crippen LogP contribution in [0.15, 0.2) is 58.2 Å². The first-order chi connectivity index (χ1) is 15.5. The molecule has 0 spiro atoms. The molecule has 7 nitrogen and oxygen atoms in total. The molecule has 1 heterocycles. The molecule has 0 aliphatic carbocycles. The maximum Gasteiger partial charge on any atom is 0.277 e. The molecule has 0 saturated carbocycles. The third-order valence-electron chi connectivity index (χ3n) is 5.17. The number of carbonyl (C=O) groups is 1. The zero-order valence-corrected chi connectivity index (χ0v) is 19.7. The Labute approximate surface area is 193 Å². The van der Waals surface area contributed by atoms with E-state index in [-0.39, 0.29) is 17.6 Å². The van der Waals surface area contributed by atoms with Crippen LogP contribution in [0.25, 0.3) is 0 Å². The maximum atomic E-state index is 12.8. The average Bonchev–Trinajstić information content (AvgIpc) is 3.28. The summed E-state index contributed by atoms with van der Waals surface area (Å²) < 4.78 is 16.4. The van der Waals surface area contributed by atoms with Gasteiger partial charge in [0.15, 0.2) is 11.5 Å². The summed E-state index contributed by atoms with van der Waals surface area (Å²) in [5.74, 6) is 2.39. The second-order valence-electron chi connectivity index (χ2n) is 7.36. The Bertz CT molecular complexity index is 1010. The van der Waals surface area contributed by atoms with Gasteiger partial charge in [0.2, 0.25) is 11.8 Å². The fraction of sp³-hybridized carbons (Fsp3) is 0.375. The van der Waals surface area contributed by atoms with Gasteiger partial charge in [-0.1, -0.05) is 55.1 Å². The minimum Gasteiger partial charge on any atom is -0.493 e. The van der Waals surface area contributed by atoms with Gasteiger partial charge in [-0.3, -0.25) is 4.79 Å². The van der Waals surface area contributed by atoms with E-state index in [4.69, 9.17) is 13.9 Å². The molecule has 0 N–H and O–H groups in total. The third-order valence-corrected chi connectivity index (χ3v) is 5.98. The number of amides is 1. The lowest BCUT2D eigenvalue weighted by molar-refractivity contribution is -0.128. The zero-order chi connectivity index (χ0) is 22.9. The van der Waals surface area contributed by atoms with E-state index in [9.17, 15) is 4.79 Å². The molecular formula is C24H29N3O4S. The van der Waals surface area contributed by atoms with Crippen LogP contribution >= 0.6 is 11.8 Å². The van der Waals surface area contributed by atoms with Crippen LogP contribution in [0.1, 0.15) is 36.8 Å². The van der Waals surface area contributed by atoms with Crippen molar-refractivity contribution in [1.29, 1.82) is 0 Å². The molecule has 0 aliphatic heterocycles. The van der Waals surface area contributed by atoms with Crippen LogP contribution in [0.3, 0.4) is 0 Å². The minimum absolute atomic E-state index is 0.00434. The number of hydrogen-bond acceptors (Lipinski definition) is 7. The van der Waals surface area contributed by atoms with Crippen molar-refractivity contribution in [3.05, 3.63) is 65.5 Å². The molecule has 3 aromatic rings. The fourth-order valence-corrected chi connectivity index (χ4v) is 4.01. The largest absolute Gasteiger partial charge is 0.493 e. The second-order valence-corrected chi connectivity index (χ2v) is 8.29. The van der Waals surface area contributed by atoms with E-state index < -0.39 is 0 Å². The van der Waals surface area contributed by atoms with Gasteiger partial charge in [0.1, 0.15) is 0 Å². The summed E-state index contributed by atoms with van der Waals surface area (Å²) in [7, 11) is 3.20. The lowest BCUT2D eigenvalue weighted by Gasteiger charge is -2.21. The number of aromatic nitrogens is 2. The Hall–Kier alpha value is -3.00. The molecule has 170 valence electrons. The highest BCUT2D eigenvalue weighted by Gasteiger charge is 2.17. The molecule has 0 radical (unpaired) electrons. The SMILES string of the molecule is CCN(Cc1ccc(OC)c(OC)c1)C(=O)CSc1nnc(CC(C)c2ccccc2)o1. The van der Waals surface area contributed by atoms with Crippen molar-refractivity contribution in [1.82, 2.24) is 15.1 Å². The molecule has 0 fully saturated rings. The lowest BCUT2D eigenvalue weighted by Crippen LogP contribution is -2.31. The van der Waals surface area contributed by atoms with E-state index in [2.05, 4.69) is 29.3 Å². The fourth-order valence-electron chi connectivity index (χ4n) is 3.33. The van der Waals surface area contributed by atoms with E-state index in [1.54, 1.807) is 19.1 Å². The topological polar surface area (TPSA) is 77.7 Å². The molecule has 8 heteroatoms. The van der Waals surface area contributed by atoms with Crippen molar-refractivity contribution >= 4 is 17.7 Å². The van der Waals surface area contributed by atoms with Crippen LogP contribution in [0, 0.1) is 0 Å². The predicted molar refractivity (Wildman–Crippen MR) is 124 cm³/mol. The Balaban J connectivity index is 1.54. The van der Waals surface area contributed by atoms with Gasteiger partial charge in [-0.15, -0.1) is 10.2 Å². The number of thioether (sulfide) groups is 1. The number of hydrogen-bond donors (Lipinski definition) is 0. The number of nitrogens with zero attached hydrogens (tertiary/aromatic N) is 3. The minimum atomic E-state index is 0.00434. The van der Waals surface area contributed by atoms with Gasteiger partial charge < -0.3 is 18.8 Å². The summed E-state index contributed by atoms with van der Waals surface area (Å²) in [4.78, 5) is 14.5. The number of rotatable bonds is 11. The first-order valence-corrected chi connectivity index (χ1v) is 11.5. The van der Waals surface area contributed by atoms with E-state index in [1.165, 1.54) is 17.3 Å². The third kappa shape index (κ3) is 6.26. The van der Waals surface area contributed by atoms with Crippen LogP contribution in [0.2, 0.25) is 0 Å². The first kappa shape index (κ1) is 23.7. The van der Waals surface area contributed by atoms with Crippen LogP contribution in [-0.4, -0.2) is 47.5 Å². The van der Waals surface area contributed by atoms with Crippen LogP contribution < -0.4 is 9.47 Å². The van der Waals surface area contributed by atoms with Crippen LogP contribution in [0.5, 0.6) is 11.5 Å². The Morgan fingerprint density at radius 2 is 1.84 bits per heavy atom. The summed E-state index contributed by atoms with van der Waals surface area (Å²) in [5, 5.41) is 8.64. The molecule has 3 rings (SSSR count). The number of benzene rings is 2. The standard InChI is InChI=1S/C24H29N3O4S/c1-5-27(15-18-11-12-20(29-3)21(14-18)30-4)23(28)16-32-24-26-25-22(31-24)13-17(2)19-9-7-6-8-10-19/h6-12,14,17H,5,13,15-16H2,1-4H3. The molecule has 2 aromatic carbocycles. The summed E-state index contributed by atoms with van der Waals surface area (Å²) in [5.41, 5.74) is 2.20. The smallest absolute Gasteiger partial charge is 0.277 e. The van der Waals surface area contributed by atoms with Crippen molar-refractivity contribution in [2.45, 2.75) is 38.0 Å². The van der Waals surface area contributed by atoms with Crippen molar-refractivity contribution in [2.75, 3.05) is 26.5 Å². The van der Waals surface area contributed by atoms with Crippen molar-refractivity contribution in [3.63, 3.8) is 0 Å². The highest BCUT2D eigenvalue weighted by molar-refractivity contribution is 7.99. The highest BCUT2D eigenvalue weighted by Crippen LogP contribution is 2.28. The van der Waals surface area contributed by atoms with Crippen LogP contribution in [0.4, 0.5) is 0 Å². The van der Waals surface area contributed by atoms with Crippen LogP contribution in [-0.2, 0) is 17.8 Å². The van der Waals surface area contributed by atoms with E-state index in [0.717, 1.165) is 5.56 Å². The zero-order valence-electron chi connectivity index (χ0n) is 18.9. The number of methoxy groups -OCH3 is 2. The molecule has 0 bridgehead atoms. The molecule has 32 heavy (non-hydrogen) atoms. The lowest BCUT2D eigenvalue weighted by atomic mass is 9.98. The van der Waals surface area contributed by atoms with Gasteiger partial charge in [-0.2, -0.15) is 0 Å². The predicted octanol–water partition coefficient (Wildman–Crippen LogP) is 4.57. The van der Waals surface area contributed by atoms with Crippen molar-refractivity contribution in [3.8, 4) is 11.5 Å². The monoisotopic (exact) mass is 455 g/mol. The summed E-state index contributed by atoms with van der Waals surface area (Å²) >= 11 is 1.26. The molecule has 1 atom stereocenters. The average molecular weight is 456 g/mol. The van der Waals surface area contributed by atoms with Gasteiger partial charge in [-0.25, -0.2) is 0 Å². The quantitative estimate of drug-likeness (QED) is 0.392. The van der Waals surface area contributed by atoms with Crippen molar-refractivity contribution < 1.29 is 18.7 Å². The van der Waals surface area contributed by atoms with Crippen molar-refractivity contribution in [2.24, 2.45) is 0 Å². The van der Waals surface area contributed by atoms with Gasteiger partial charge in [-0.05, 0) is 36.1 Å². The molecule has 1 unspecified atom stereocenters. The van der Waals surface area contributed by atoms with E-state index in [1.807, 2.05) is 43.3 Å². The van der Waals surface area contributed by atoms with Gasteiger partial charge in [0.05, 0.1) is 20.0 Å². The molecule has 0 aliphatic rings. The summed E-state index contributed by atoms with van der Waals surface area (Å²) in [6, 6.07) is 15.9. The molecular weight excluding hydrogens is 426 g/mol. The normalized spacial score (nSPS) is 11.8. The Kier molecular flexibility index (Phi) is 8.56. The van der Waals surface area contributed by atoms with E-state index >= 15 is 0 Å². The maximum absolute atomic E-state index is 12.8. The number of ether oxygens (including phenoxy) is 2. The highest BCUT2D eigenvalue weighted by atomic mass is 32.2. The summed E-state index contributed by atoms with van der Waals surface area (Å²) in [6.07, 6.45) is 0.659. The molecule has 0 saturated heterocycles. The van der Waals surface area contributed by atoms with Gasteiger partial charge in [0.25, 0.3) is 5.22 Å². The first-order valence-electron chi connectivity index (χ1n) is 10.5. The van der Waals surface area contributed by atoms with E-state index in [0.29, 0.717) is 42.1 Å². The van der Waals surface area contributed by atoms with Gasteiger partial charge >= 0.3 is 0 Å².